The van der Waals surface area contributed by atoms with Crippen molar-refractivity contribution in [1.29, 1.82) is 0 Å². The average Bonchev–Trinajstić information content (AvgIpc) is 3.46. The van der Waals surface area contributed by atoms with Crippen LogP contribution in [0, 0.1) is 25.5 Å². The number of aromatic nitrogens is 2. The molecule has 6 nitrogen and oxygen atoms in total. The molecule has 4 aromatic rings. The van der Waals surface area contributed by atoms with Gasteiger partial charge in [-0.3, -0.25) is 4.90 Å². The third-order valence-electron chi connectivity index (χ3n) is 5.85. The van der Waals surface area contributed by atoms with Crippen molar-refractivity contribution in [3.05, 3.63) is 93.8 Å². The van der Waals surface area contributed by atoms with Crippen LogP contribution in [0.5, 0.6) is 0 Å². The first-order valence-electron chi connectivity index (χ1n) is 10.5. The highest BCUT2D eigenvalue weighted by Gasteiger charge is 2.37. The number of halogens is 2. The van der Waals surface area contributed by atoms with E-state index >= 15 is 0 Å². The van der Waals surface area contributed by atoms with E-state index in [9.17, 15) is 13.6 Å². The van der Waals surface area contributed by atoms with Gasteiger partial charge in [-0.25, -0.2) is 13.6 Å². The summed E-state index contributed by atoms with van der Waals surface area (Å²) in [6, 6.07) is 11.5. The number of hydrogen-bond acceptors (Lipinski definition) is 5. The summed E-state index contributed by atoms with van der Waals surface area (Å²) in [5.41, 5.74) is 4.03. The number of nitrogens with one attached hydrogen (secondary N) is 1. The molecule has 2 aromatic heterocycles. The Morgan fingerprint density at radius 2 is 1.79 bits per heavy atom. The lowest BCUT2D eigenvalue weighted by atomic mass is 9.92. The molecular weight excluding hydrogens is 458 g/mol. The Morgan fingerprint density at radius 1 is 1.03 bits per heavy atom. The van der Waals surface area contributed by atoms with E-state index in [0.717, 1.165) is 39.8 Å². The predicted octanol–water partition coefficient (Wildman–Crippen LogP) is 6.40. The molecule has 0 aliphatic carbocycles. The smallest absolute Gasteiger partial charge is 0.327 e. The van der Waals surface area contributed by atoms with Crippen molar-refractivity contribution >= 4 is 28.6 Å². The summed E-state index contributed by atoms with van der Waals surface area (Å²) in [5.74, 6) is -0.937. The fourth-order valence-electron chi connectivity index (χ4n) is 4.03. The molecule has 1 aliphatic rings. The zero-order chi connectivity index (χ0) is 24.0. The molecule has 0 fully saturated rings. The van der Waals surface area contributed by atoms with Crippen LogP contribution in [0.3, 0.4) is 0 Å². The number of anilines is 1. The van der Waals surface area contributed by atoms with Crippen molar-refractivity contribution in [1.82, 2.24) is 15.5 Å². The van der Waals surface area contributed by atoms with Crippen LogP contribution in [0.2, 0.25) is 0 Å². The highest BCUT2D eigenvalue weighted by molar-refractivity contribution is 7.13. The van der Waals surface area contributed by atoms with Crippen LogP contribution in [0.15, 0.2) is 64.1 Å². The van der Waals surface area contributed by atoms with Crippen LogP contribution in [0.25, 0.3) is 16.3 Å². The first-order valence-corrected chi connectivity index (χ1v) is 11.4. The fourth-order valence-corrected chi connectivity index (χ4v) is 4.68. The van der Waals surface area contributed by atoms with E-state index in [-0.39, 0.29) is 11.6 Å². The molecule has 0 spiro atoms. The molecule has 3 heterocycles. The quantitative estimate of drug-likeness (QED) is 0.369. The van der Waals surface area contributed by atoms with Gasteiger partial charge in [-0.2, -0.15) is 4.98 Å². The summed E-state index contributed by atoms with van der Waals surface area (Å²) in [7, 11) is 0. The minimum atomic E-state index is -0.786. The maximum Gasteiger partial charge on any atom is 0.327 e. The lowest BCUT2D eigenvalue weighted by Crippen LogP contribution is -2.46. The van der Waals surface area contributed by atoms with Crippen LogP contribution >= 0.6 is 11.3 Å². The minimum Gasteiger partial charge on any atom is -0.334 e. The molecule has 2 aromatic carbocycles. The Hall–Kier alpha value is -3.85. The second-order valence-corrected chi connectivity index (χ2v) is 9.04. The third-order valence-corrected chi connectivity index (χ3v) is 6.72. The molecular formula is C25H20F2N4O2S. The Kier molecular flexibility index (Phi) is 5.49. The molecule has 0 bridgehead atoms. The summed E-state index contributed by atoms with van der Waals surface area (Å²) in [6.07, 6.45) is 0. The lowest BCUT2D eigenvalue weighted by Gasteiger charge is -2.35. The number of benzene rings is 2. The third kappa shape index (κ3) is 3.88. The number of amides is 2. The normalized spacial score (nSPS) is 16.2. The van der Waals surface area contributed by atoms with Gasteiger partial charge < -0.3 is 9.84 Å². The summed E-state index contributed by atoms with van der Waals surface area (Å²) in [5, 5.41) is 8.97. The number of nitrogens with zero attached hydrogens (tertiary/aromatic N) is 3. The summed E-state index contributed by atoms with van der Waals surface area (Å²) < 4.78 is 33.6. The number of aryl methyl sites for hydroxylation is 2. The highest BCUT2D eigenvalue weighted by Crippen LogP contribution is 2.40. The van der Waals surface area contributed by atoms with E-state index in [1.54, 1.807) is 6.92 Å². The summed E-state index contributed by atoms with van der Waals surface area (Å²) >= 11 is 1.47. The Bertz CT molecular complexity index is 1410. The van der Waals surface area contributed by atoms with Crippen molar-refractivity contribution in [3.8, 4) is 10.7 Å². The average molecular weight is 479 g/mol. The van der Waals surface area contributed by atoms with Crippen molar-refractivity contribution in [2.75, 3.05) is 4.90 Å². The molecule has 1 atom stereocenters. The fraction of sp³-hybridized carbons (Fsp3) is 0.160. The van der Waals surface area contributed by atoms with Crippen LogP contribution < -0.4 is 10.2 Å². The molecule has 1 aliphatic heterocycles. The predicted molar refractivity (Wildman–Crippen MR) is 126 cm³/mol. The van der Waals surface area contributed by atoms with Gasteiger partial charge >= 0.3 is 6.03 Å². The zero-order valence-corrected chi connectivity index (χ0v) is 19.4. The minimum absolute atomic E-state index is 0.0570. The van der Waals surface area contributed by atoms with Crippen molar-refractivity contribution in [3.63, 3.8) is 0 Å². The van der Waals surface area contributed by atoms with E-state index in [1.165, 1.54) is 16.2 Å². The van der Waals surface area contributed by atoms with Crippen molar-refractivity contribution < 1.29 is 18.1 Å². The molecule has 9 heteroatoms. The van der Waals surface area contributed by atoms with Gasteiger partial charge in [0.15, 0.2) is 0 Å². The van der Waals surface area contributed by atoms with Crippen LogP contribution in [-0.2, 0) is 0 Å². The van der Waals surface area contributed by atoms with Gasteiger partial charge in [0.25, 0.3) is 5.89 Å². The molecule has 2 amide bonds. The van der Waals surface area contributed by atoms with Gasteiger partial charge in [-0.1, -0.05) is 29.4 Å². The molecule has 0 saturated carbocycles. The van der Waals surface area contributed by atoms with Crippen LogP contribution in [-0.4, -0.2) is 16.2 Å². The number of hydrogen-bond donors (Lipinski definition) is 1. The SMILES string of the molecule is CC1=C(c2nc(-c3cccs3)no2)C(c2ccc(C)c(C)c2)NC(=O)N1c1cc(F)cc(F)c1. The van der Waals surface area contributed by atoms with Gasteiger partial charge in [0.05, 0.1) is 22.2 Å². The maximum absolute atomic E-state index is 14.0. The van der Waals surface area contributed by atoms with E-state index in [0.29, 0.717) is 17.1 Å². The second kappa shape index (κ2) is 8.49. The summed E-state index contributed by atoms with van der Waals surface area (Å²) in [6.45, 7) is 5.69. The molecule has 5 rings (SSSR count). The first kappa shape index (κ1) is 22.0. The molecule has 0 saturated heterocycles. The maximum atomic E-state index is 14.0. The van der Waals surface area contributed by atoms with Gasteiger partial charge in [0.2, 0.25) is 5.82 Å². The van der Waals surface area contributed by atoms with Gasteiger partial charge in [0, 0.05) is 11.8 Å². The van der Waals surface area contributed by atoms with Gasteiger partial charge in [-0.05, 0) is 61.0 Å². The van der Waals surface area contributed by atoms with E-state index in [1.807, 2.05) is 49.6 Å². The molecule has 1 N–H and O–H groups in total. The van der Waals surface area contributed by atoms with Gasteiger partial charge in [-0.15, -0.1) is 11.3 Å². The first-order chi connectivity index (χ1) is 16.3. The lowest BCUT2D eigenvalue weighted by molar-refractivity contribution is 0.244. The Labute approximate surface area is 198 Å². The zero-order valence-electron chi connectivity index (χ0n) is 18.6. The second-order valence-electron chi connectivity index (χ2n) is 8.09. The molecule has 0 radical (unpaired) electrons. The van der Waals surface area contributed by atoms with Crippen molar-refractivity contribution in [2.45, 2.75) is 26.8 Å². The number of carbonyl (C=O) groups is 1. The number of urea groups is 1. The van der Waals surface area contributed by atoms with E-state index in [2.05, 4.69) is 15.5 Å². The highest BCUT2D eigenvalue weighted by atomic mass is 32.1. The van der Waals surface area contributed by atoms with Gasteiger partial charge in [0.1, 0.15) is 11.6 Å². The molecule has 34 heavy (non-hydrogen) atoms. The monoisotopic (exact) mass is 478 g/mol. The standard InChI is InChI=1S/C25H20F2N4O2S/c1-13-6-7-16(9-14(13)2)22-21(24-29-23(30-33-24)20-5-4-8-34-20)15(3)31(25(32)28-22)19-11-17(26)10-18(27)12-19/h4-12,22H,1-3H3,(H,28,32). The topological polar surface area (TPSA) is 71.3 Å². The Balaban J connectivity index is 1.69. The number of allylic oxidation sites excluding steroid dienone is 1. The van der Waals surface area contributed by atoms with E-state index < -0.39 is 23.7 Å². The number of rotatable bonds is 4. The van der Waals surface area contributed by atoms with Crippen molar-refractivity contribution in [2.24, 2.45) is 0 Å². The van der Waals surface area contributed by atoms with Crippen LogP contribution in [0.1, 0.15) is 35.5 Å². The molecule has 172 valence electrons. The summed E-state index contributed by atoms with van der Waals surface area (Å²) in [4.78, 5) is 19.8. The number of carbonyl (C=O) groups excluding carboxylic acids is 1. The Morgan fingerprint density at radius 3 is 2.47 bits per heavy atom. The van der Waals surface area contributed by atoms with Crippen LogP contribution in [0.4, 0.5) is 19.3 Å². The van der Waals surface area contributed by atoms with E-state index in [4.69, 9.17) is 4.52 Å². The number of thiophene rings is 1. The molecule has 1 unspecified atom stereocenters. The largest absolute Gasteiger partial charge is 0.334 e.